The number of carbonyl (C=O) groups is 1. The standard InChI is InChI=1S/C14H19F3NO9PS/c1-5-25-12(19)13(14(15,16)17,28(20,26-23-3)27-24-4)18-29(21,22)11-8-6-10(2)7-9-11/h6-9,18H,5H2,1-4H3. The van der Waals surface area contributed by atoms with Crippen LogP contribution in [0.15, 0.2) is 29.2 Å². The molecular weight excluding hydrogens is 446 g/mol. The predicted octanol–water partition coefficient (Wildman–Crippen LogP) is 2.44. The van der Waals surface area contributed by atoms with Crippen LogP contribution in [0.25, 0.3) is 0 Å². The third kappa shape index (κ3) is 5.15. The van der Waals surface area contributed by atoms with Crippen LogP contribution in [-0.4, -0.2) is 46.7 Å². The maximum absolute atomic E-state index is 14.1. The van der Waals surface area contributed by atoms with Crippen molar-refractivity contribution in [3.8, 4) is 0 Å². The van der Waals surface area contributed by atoms with E-state index in [0.717, 1.165) is 23.8 Å². The molecule has 15 heteroatoms. The van der Waals surface area contributed by atoms with Gasteiger partial charge in [0, 0.05) is 0 Å². The van der Waals surface area contributed by atoms with Gasteiger partial charge in [0.05, 0.1) is 25.7 Å². The summed E-state index contributed by atoms with van der Waals surface area (Å²) in [5.74, 6) is -2.30. The van der Waals surface area contributed by atoms with Crippen LogP contribution >= 0.6 is 7.60 Å². The second-order valence-electron chi connectivity index (χ2n) is 5.33. The molecule has 0 spiro atoms. The van der Waals surface area contributed by atoms with Gasteiger partial charge in [-0.1, -0.05) is 17.7 Å². The number of hydrogen-bond acceptors (Lipinski definition) is 9. The van der Waals surface area contributed by atoms with Crippen LogP contribution in [0, 0.1) is 6.92 Å². The number of alkyl halides is 3. The van der Waals surface area contributed by atoms with Crippen molar-refractivity contribution in [2.24, 2.45) is 0 Å². The molecule has 0 radical (unpaired) electrons. The van der Waals surface area contributed by atoms with Crippen molar-refractivity contribution in [2.75, 3.05) is 20.8 Å². The van der Waals surface area contributed by atoms with Crippen LogP contribution in [0.5, 0.6) is 0 Å². The fourth-order valence-corrected chi connectivity index (χ4v) is 5.31. The predicted molar refractivity (Wildman–Crippen MR) is 90.7 cm³/mol. The van der Waals surface area contributed by atoms with E-state index in [0.29, 0.717) is 19.8 Å². The maximum atomic E-state index is 14.1. The van der Waals surface area contributed by atoms with Gasteiger partial charge >= 0.3 is 25.0 Å². The number of carbonyl (C=O) groups excluding carboxylic acids is 1. The van der Waals surface area contributed by atoms with Gasteiger partial charge in [0.2, 0.25) is 10.0 Å². The second-order valence-corrected chi connectivity index (χ2v) is 8.97. The van der Waals surface area contributed by atoms with E-state index in [9.17, 15) is 30.9 Å². The molecule has 0 heterocycles. The molecule has 0 amide bonds. The Bertz CT molecular complexity index is 850. The van der Waals surface area contributed by atoms with Crippen molar-refractivity contribution in [3.05, 3.63) is 29.8 Å². The van der Waals surface area contributed by atoms with E-state index in [1.165, 1.54) is 12.1 Å². The highest BCUT2D eigenvalue weighted by Gasteiger charge is 2.78. The zero-order valence-electron chi connectivity index (χ0n) is 15.7. The van der Waals surface area contributed by atoms with Crippen molar-refractivity contribution >= 4 is 23.6 Å². The lowest BCUT2D eigenvalue weighted by Gasteiger charge is -2.35. The fraction of sp³-hybridized carbons (Fsp3) is 0.500. The van der Waals surface area contributed by atoms with Gasteiger partial charge in [-0.25, -0.2) is 23.0 Å². The summed E-state index contributed by atoms with van der Waals surface area (Å²) in [7, 11) is -9.73. The lowest BCUT2D eigenvalue weighted by Crippen LogP contribution is -2.64. The van der Waals surface area contributed by atoms with Gasteiger partial charge in [0.1, 0.15) is 0 Å². The molecule has 0 saturated carbocycles. The molecule has 1 N–H and O–H groups in total. The van der Waals surface area contributed by atoms with E-state index in [2.05, 4.69) is 23.9 Å². The summed E-state index contributed by atoms with van der Waals surface area (Å²) >= 11 is 0. The Kier molecular flexibility index (Phi) is 8.36. The topological polar surface area (TPSA) is 126 Å². The number of rotatable bonds is 10. The first-order valence-electron chi connectivity index (χ1n) is 7.71. The minimum atomic E-state index is -5.93. The minimum Gasteiger partial charge on any atom is -0.464 e. The number of hydrogen-bond donors (Lipinski definition) is 1. The number of esters is 1. The largest absolute Gasteiger partial charge is 0.464 e. The third-order valence-corrected chi connectivity index (χ3v) is 7.03. The summed E-state index contributed by atoms with van der Waals surface area (Å²) in [4.78, 5) is 19.7. The van der Waals surface area contributed by atoms with E-state index in [4.69, 9.17) is 0 Å². The van der Waals surface area contributed by atoms with Gasteiger partial charge in [-0.2, -0.15) is 17.9 Å². The molecule has 0 aliphatic rings. The summed E-state index contributed by atoms with van der Waals surface area (Å²) in [5.41, 5.74) is 0.604. The lowest BCUT2D eigenvalue weighted by atomic mass is 10.2. The first kappa shape index (κ1) is 25.5. The molecule has 1 atom stereocenters. The van der Waals surface area contributed by atoms with Gasteiger partial charge in [-0.3, -0.25) is 4.57 Å². The third-order valence-electron chi connectivity index (χ3n) is 3.35. The molecule has 1 unspecified atom stereocenters. The Labute approximate surface area is 164 Å². The highest BCUT2D eigenvalue weighted by Crippen LogP contribution is 2.65. The Balaban J connectivity index is 3.80. The quantitative estimate of drug-likeness (QED) is 0.240. The molecule has 1 aromatic rings. The van der Waals surface area contributed by atoms with Crippen LogP contribution in [0.4, 0.5) is 13.2 Å². The number of benzene rings is 1. The summed E-state index contributed by atoms with van der Waals surface area (Å²) in [6.07, 6.45) is -5.89. The summed E-state index contributed by atoms with van der Waals surface area (Å²) < 4.78 is 94.2. The molecule has 0 saturated heterocycles. The molecule has 0 aliphatic heterocycles. The molecule has 0 fully saturated rings. The molecule has 29 heavy (non-hydrogen) atoms. The highest BCUT2D eigenvalue weighted by molar-refractivity contribution is 7.90. The fourth-order valence-electron chi connectivity index (χ4n) is 2.07. The van der Waals surface area contributed by atoms with Crippen molar-refractivity contribution in [3.63, 3.8) is 0 Å². The zero-order chi connectivity index (χ0) is 22.5. The Morgan fingerprint density at radius 3 is 1.97 bits per heavy atom. The molecule has 0 aromatic heterocycles. The number of sulfonamides is 1. The number of aryl methyl sites for hydroxylation is 1. The van der Waals surface area contributed by atoms with Crippen LogP contribution in [0.2, 0.25) is 0 Å². The molecule has 1 rings (SSSR count). The second kappa shape index (κ2) is 9.51. The number of halogens is 3. The highest BCUT2D eigenvalue weighted by atomic mass is 32.2. The Morgan fingerprint density at radius 1 is 1.10 bits per heavy atom. The summed E-state index contributed by atoms with van der Waals surface area (Å²) in [6.45, 7) is 2.13. The SMILES string of the molecule is CCOC(=O)C(NS(=O)(=O)c1ccc(C)cc1)(C(F)(F)F)P(=O)(OOC)OOC. The maximum Gasteiger partial charge on any atom is 0.430 e. The molecule has 166 valence electrons. The van der Waals surface area contributed by atoms with Crippen molar-refractivity contribution < 1.29 is 54.8 Å². The normalized spacial score (nSPS) is 15.0. The smallest absolute Gasteiger partial charge is 0.430 e. The van der Waals surface area contributed by atoms with Crippen LogP contribution in [0.3, 0.4) is 0 Å². The molecule has 0 aliphatic carbocycles. The van der Waals surface area contributed by atoms with E-state index >= 15 is 0 Å². The first-order chi connectivity index (χ1) is 13.3. The van der Waals surface area contributed by atoms with Crippen LogP contribution < -0.4 is 4.72 Å². The van der Waals surface area contributed by atoms with Gasteiger partial charge in [0.15, 0.2) is 0 Å². The van der Waals surface area contributed by atoms with E-state index in [-0.39, 0.29) is 0 Å². The van der Waals surface area contributed by atoms with Crippen LogP contribution in [0.1, 0.15) is 12.5 Å². The zero-order valence-corrected chi connectivity index (χ0v) is 17.4. The molecule has 0 bridgehead atoms. The molecule has 1 aromatic carbocycles. The van der Waals surface area contributed by atoms with E-state index < -0.39 is 46.5 Å². The summed E-state index contributed by atoms with van der Waals surface area (Å²) in [5, 5.41) is -4.55. The van der Waals surface area contributed by atoms with Gasteiger partial charge in [0.25, 0.3) is 0 Å². The Hall–Kier alpha value is -1.54. The van der Waals surface area contributed by atoms with Crippen molar-refractivity contribution in [2.45, 2.75) is 30.2 Å². The summed E-state index contributed by atoms with van der Waals surface area (Å²) in [6, 6.07) is 4.54. The average Bonchev–Trinajstić information content (AvgIpc) is 2.59. The number of nitrogens with one attached hydrogen (secondary N) is 1. The first-order valence-corrected chi connectivity index (χ1v) is 10.7. The van der Waals surface area contributed by atoms with Crippen molar-refractivity contribution in [1.82, 2.24) is 4.72 Å². The van der Waals surface area contributed by atoms with E-state index in [1.54, 1.807) is 6.92 Å². The lowest BCUT2D eigenvalue weighted by molar-refractivity contribution is -0.261. The minimum absolute atomic E-state index is 0.604. The van der Waals surface area contributed by atoms with Crippen molar-refractivity contribution in [1.29, 1.82) is 0 Å². The van der Waals surface area contributed by atoms with Gasteiger partial charge < -0.3 is 4.74 Å². The molecule has 10 nitrogen and oxygen atoms in total. The van der Waals surface area contributed by atoms with Gasteiger partial charge in [-0.15, -0.1) is 9.35 Å². The average molecular weight is 465 g/mol. The van der Waals surface area contributed by atoms with E-state index in [1.807, 2.05) is 0 Å². The number of ether oxygens (including phenoxy) is 1. The van der Waals surface area contributed by atoms with Gasteiger partial charge in [-0.05, 0) is 26.0 Å². The Morgan fingerprint density at radius 2 is 1.59 bits per heavy atom. The monoisotopic (exact) mass is 465 g/mol. The molecular formula is C14H19F3NO9PS. The van der Waals surface area contributed by atoms with Crippen LogP contribution in [-0.2, 0) is 43.2 Å².